The Morgan fingerprint density at radius 2 is 1.81 bits per heavy atom. The SMILES string of the molecule is O=S(=O)(c1cc(Cl)ccc1Cl)n1ccc2c(Br)cccc21. The monoisotopic (exact) mass is 403 g/mol. The maximum atomic E-state index is 12.8. The van der Waals surface area contributed by atoms with E-state index in [0.29, 0.717) is 10.5 Å². The van der Waals surface area contributed by atoms with Gasteiger partial charge >= 0.3 is 0 Å². The van der Waals surface area contributed by atoms with Gasteiger partial charge in [-0.15, -0.1) is 0 Å². The molecule has 0 saturated carbocycles. The minimum absolute atomic E-state index is 0.0193. The highest BCUT2D eigenvalue weighted by Gasteiger charge is 2.22. The molecule has 7 heteroatoms. The summed E-state index contributed by atoms with van der Waals surface area (Å²) in [7, 11) is -3.81. The van der Waals surface area contributed by atoms with Crippen molar-refractivity contribution in [3.8, 4) is 0 Å². The zero-order chi connectivity index (χ0) is 15.2. The van der Waals surface area contributed by atoms with Crippen molar-refractivity contribution < 1.29 is 8.42 Å². The third kappa shape index (κ3) is 2.48. The number of hydrogen-bond acceptors (Lipinski definition) is 2. The third-order valence-electron chi connectivity index (χ3n) is 3.07. The number of fused-ring (bicyclic) bond motifs is 1. The Morgan fingerprint density at radius 1 is 1.05 bits per heavy atom. The van der Waals surface area contributed by atoms with Gasteiger partial charge in [-0.3, -0.25) is 0 Å². The van der Waals surface area contributed by atoms with Crippen LogP contribution in [0.4, 0.5) is 0 Å². The van der Waals surface area contributed by atoms with E-state index in [0.717, 1.165) is 9.86 Å². The van der Waals surface area contributed by atoms with Crippen LogP contribution < -0.4 is 0 Å². The molecule has 1 aromatic heterocycles. The van der Waals surface area contributed by atoms with Crippen molar-refractivity contribution in [1.29, 1.82) is 0 Å². The lowest BCUT2D eigenvalue weighted by molar-refractivity contribution is 0.589. The molecule has 0 aliphatic heterocycles. The number of nitrogens with zero attached hydrogens (tertiary/aromatic N) is 1. The van der Waals surface area contributed by atoms with E-state index < -0.39 is 10.0 Å². The fourth-order valence-electron chi connectivity index (χ4n) is 2.10. The van der Waals surface area contributed by atoms with Crippen molar-refractivity contribution in [2.75, 3.05) is 0 Å². The molecular weight excluding hydrogens is 397 g/mol. The second-order valence-corrected chi connectivity index (χ2v) is 7.85. The lowest BCUT2D eigenvalue weighted by atomic mass is 10.3. The molecule has 0 aliphatic rings. The molecule has 2 aromatic carbocycles. The van der Waals surface area contributed by atoms with Crippen LogP contribution in [0.15, 0.2) is 58.0 Å². The molecule has 0 N–H and O–H groups in total. The van der Waals surface area contributed by atoms with E-state index in [1.807, 2.05) is 6.07 Å². The van der Waals surface area contributed by atoms with Crippen LogP contribution in [0.25, 0.3) is 10.9 Å². The average molecular weight is 405 g/mol. The highest BCUT2D eigenvalue weighted by Crippen LogP contribution is 2.31. The zero-order valence-corrected chi connectivity index (χ0v) is 14.3. The van der Waals surface area contributed by atoms with Crippen molar-refractivity contribution in [2.45, 2.75) is 4.90 Å². The van der Waals surface area contributed by atoms with Crippen LogP contribution in [0.3, 0.4) is 0 Å². The topological polar surface area (TPSA) is 39.1 Å². The number of benzene rings is 2. The highest BCUT2D eigenvalue weighted by atomic mass is 79.9. The summed E-state index contributed by atoms with van der Waals surface area (Å²) < 4.78 is 27.6. The first-order valence-electron chi connectivity index (χ1n) is 5.87. The first-order chi connectivity index (χ1) is 9.91. The van der Waals surface area contributed by atoms with Gasteiger partial charge in [-0.05, 0) is 36.4 Å². The normalized spacial score (nSPS) is 12.0. The average Bonchev–Trinajstić information content (AvgIpc) is 2.87. The Kier molecular flexibility index (Phi) is 3.78. The summed E-state index contributed by atoms with van der Waals surface area (Å²) in [4.78, 5) is -0.0193. The van der Waals surface area contributed by atoms with Crippen LogP contribution >= 0.6 is 39.1 Å². The quantitative estimate of drug-likeness (QED) is 0.606. The molecule has 3 aromatic rings. The van der Waals surface area contributed by atoms with Crippen molar-refractivity contribution in [1.82, 2.24) is 3.97 Å². The van der Waals surface area contributed by atoms with Crippen LogP contribution in [-0.4, -0.2) is 12.4 Å². The van der Waals surface area contributed by atoms with Gasteiger partial charge in [0.1, 0.15) is 4.90 Å². The van der Waals surface area contributed by atoms with Gasteiger partial charge in [0.25, 0.3) is 10.0 Å². The second kappa shape index (κ2) is 5.32. The molecule has 0 unspecified atom stereocenters. The van der Waals surface area contributed by atoms with Crippen molar-refractivity contribution in [2.24, 2.45) is 0 Å². The summed E-state index contributed by atoms with van der Waals surface area (Å²) >= 11 is 15.3. The Hall–Kier alpha value is -1.01. The first kappa shape index (κ1) is 14.9. The summed E-state index contributed by atoms with van der Waals surface area (Å²) in [5, 5.41) is 1.26. The molecule has 0 atom stereocenters. The molecule has 0 bridgehead atoms. The Balaban J connectivity index is 2.31. The van der Waals surface area contributed by atoms with Gasteiger partial charge in [0, 0.05) is 21.1 Å². The van der Waals surface area contributed by atoms with Crippen LogP contribution in [-0.2, 0) is 10.0 Å². The van der Waals surface area contributed by atoms with Crippen LogP contribution in [0.5, 0.6) is 0 Å². The van der Waals surface area contributed by atoms with E-state index in [1.54, 1.807) is 24.3 Å². The summed E-state index contributed by atoms with van der Waals surface area (Å²) in [6.45, 7) is 0. The van der Waals surface area contributed by atoms with Gasteiger partial charge in [-0.1, -0.05) is 45.2 Å². The molecule has 0 saturated heterocycles. The van der Waals surface area contributed by atoms with E-state index in [4.69, 9.17) is 23.2 Å². The lowest BCUT2D eigenvalue weighted by Crippen LogP contribution is -2.12. The summed E-state index contributed by atoms with van der Waals surface area (Å²) in [6, 6.07) is 11.5. The van der Waals surface area contributed by atoms with Crippen LogP contribution in [0, 0.1) is 0 Å². The minimum Gasteiger partial charge on any atom is -0.241 e. The van der Waals surface area contributed by atoms with Gasteiger partial charge in [0.05, 0.1) is 10.5 Å². The Morgan fingerprint density at radius 3 is 2.57 bits per heavy atom. The zero-order valence-electron chi connectivity index (χ0n) is 10.4. The van der Waals surface area contributed by atoms with Gasteiger partial charge < -0.3 is 0 Å². The maximum absolute atomic E-state index is 12.8. The predicted molar refractivity (Wildman–Crippen MR) is 88.7 cm³/mol. The third-order valence-corrected chi connectivity index (χ3v) is 6.17. The van der Waals surface area contributed by atoms with Crippen LogP contribution in [0.2, 0.25) is 10.0 Å². The predicted octanol–water partition coefficient (Wildman–Crippen LogP) is 4.95. The Labute approximate surface area is 140 Å². The lowest BCUT2D eigenvalue weighted by Gasteiger charge is -2.09. The number of rotatable bonds is 2. The fraction of sp³-hybridized carbons (Fsp3) is 0. The maximum Gasteiger partial charge on any atom is 0.269 e. The van der Waals surface area contributed by atoms with Gasteiger partial charge in [0.15, 0.2) is 0 Å². The summed E-state index contributed by atoms with van der Waals surface area (Å²) in [5.41, 5.74) is 0.570. The molecule has 0 fully saturated rings. The second-order valence-electron chi connectivity index (χ2n) is 4.36. The molecular formula is C14H8BrCl2NO2S. The smallest absolute Gasteiger partial charge is 0.241 e. The van der Waals surface area contributed by atoms with E-state index in [9.17, 15) is 8.42 Å². The van der Waals surface area contributed by atoms with E-state index in [1.165, 1.54) is 22.3 Å². The molecule has 108 valence electrons. The van der Waals surface area contributed by atoms with E-state index in [2.05, 4.69) is 15.9 Å². The van der Waals surface area contributed by atoms with Gasteiger partial charge in [-0.25, -0.2) is 12.4 Å². The van der Waals surface area contributed by atoms with Gasteiger partial charge in [0.2, 0.25) is 0 Å². The fourth-order valence-corrected chi connectivity index (χ4v) is 4.67. The number of hydrogen-bond donors (Lipinski definition) is 0. The minimum atomic E-state index is -3.81. The van der Waals surface area contributed by atoms with Crippen molar-refractivity contribution in [3.05, 3.63) is 63.2 Å². The number of halogens is 3. The van der Waals surface area contributed by atoms with Crippen molar-refractivity contribution >= 4 is 60.1 Å². The molecule has 1 heterocycles. The molecule has 0 spiro atoms. The molecule has 21 heavy (non-hydrogen) atoms. The van der Waals surface area contributed by atoms with Crippen molar-refractivity contribution in [3.63, 3.8) is 0 Å². The molecule has 0 radical (unpaired) electrons. The first-order valence-corrected chi connectivity index (χ1v) is 8.86. The summed E-state index contributed by atoms with van der Waals surface area (Å²) in [5.74, 6) is 0. The number of aromatic nitrogens is 1. The molecule has 0 aliphatic carbocycles. The molecule has 3 rings (SSSR count). The Bertz CT molecular complexity index is 951. The van der Waals surface area contributed by atoms with E-state index in [-0.39, 0.29) is 9.92 Å². The summed E-state index contributed by atoms with van der Waals surface area (Å²) in [6.07, 6.45) is 1.50. The molecule has 3 nitrogen and oxygen atoms in total. The largest absolute Gasteiger partial charge is 0.269 e. The highest BCUT2D eigenvalue weighted by molar-refractivity contribution is 9.10. The standard InChI is InChI=1S/C14H8BrCl2NO2S/c15-11-2-1-3-13-10(11)6-7-18(13)21(19,20)14-8-9(16)4-5-12(14)17/h1-8H. The van der Waals surface area contributed by atoms with E-state index >= 15 is 0 Å². The van der Waals surface area contributed by atoms with Crippen LogP contribution in [0.1, 0.15) is 0 Å². The molecule has 0 amide bonds. The van der Waals surface area contributed by atoms with Gasteiger partial charge in [-0.2, -0.15) is 0 Å².